The zero-order valence-corrected chi connectivity index (χ0v) is 26.4. The highest BCUT2D eigenvalue weighted by Gasteiger charge is 2.34. The van der Waals surface area contributed by atoms with E-state index in [1.54, 1.807) is 12.5 Å². The molecular weight excluding hydrogens is 538 g/mol. The molecule has 0 aliphatic carbocycles. The van der Waals surface area contributed by atoms with E-state index in [2.05, 4.69) is 101 Å². The first-order valence-electron chi connectivity index (χ1n) is 14.1. The SMILES string of the molecule is Cc1ccnc(Oc2ccc3c(c2)CNc2ncnc4c2c-3c(-c2cnc(C#C[Si](C)(C)C(C)(C)C)cc2C)n4C)n1. The molecule has 8 nitrogen and oxygen atoms in total. The van der Waals surface area contributed by atoms with Crippen molar-refractivity contribution in [3.05, 3.63) is 71.6 Å². The van der Waals surface area contributed by atoms with E-state index >= 15 is 0 Å². The summed E-state index contributed by atoms with van der Waals surface area (Å²) in [6, 6.07) is 10.4. The Labute approximate surface area is 247 Å². The maximum absolute atomic E-state index is 6.03. The molecule has 0 unspecified atom stereocenters. The van der Waals surface area contributed by atoms with Gasteiger partial charge in [-0.3, -0.25) is 0 Å². The predicted octanol–water partition coefficient (Wildman–Crippen LogP) is 7.22. The largest absolute Gasteiger partial charge is 0.424 e. The van der Waals surface area contributed by atoms with E-state index in [0.717, 1.165) is 61.8 Å². The topological polar surface area (TPSA) is 90.6 Å². The van der Waals surface area contributed by atoms with Crippen molar-refractivity contribution in [1.82, 2.24) is 29.5 Å². The number of rotatable bonds is 3. The number of nitrogens with one attached hydrogen (secondary N) is 1. The van der Waals surface area contributed by atoms with E-state index in [-0.39, 0.29) is 5.04 Å². The van der Waals surface area contributed by atoms with Crippen LogP contribution in [-0.4, -0.2) is 37.6 Å². The van der Waals surface area contributed by atoms with Crippen LogP contribution in [0.1, 0.15) is 43.3 Å². The lowest BCUT2D eigenvalue weighted by Crippen LogP contribution is -2.35. The normalized spacial score (nSPS) is 12.7. The van der Waals surface area contributed by atoms with E-state index in [0.29, 0.717) is 18.3 Å². The fourth-order valence-electron chi connectivity index (χ4n) is 5.03. The molecule has 9 heteroatoms. The zero-order valence-electron chi connectivity index (χ0n) is 25.4. The highest BCUT2D eigenvalue weighted by Crippen LogP contribution is 2.46. The third-order valence-corrected chi connectivity index (χ3v) is 13.0. The van der Waals surface area contributed by atoms with Crippen molar-refractivity contribution in [2.45, 2.75) is 59.3 Å². The van der Waals surface area contributed by atoms with Crippen LogP contribution in [0.25, 0.3) is 33.4 Å². The molecule has 6 rings (SSSR count). The molecule has 4 aromatic heterocycles. The Bertz CT molecular complexity index is 1930. The van der Waals surface area contributed by atoms with Crippen LogP contribution in [0.2, 0.25) is 18.1 Å². The summed E-state index contributed by atoms with van der Waals surface area (Å²) in [5, 5.41) is 4.71. The number of aromatic nitrogens is 6. The minimum absolute atomic E-state index is 0.192. The Morgan fingerprint density at radius 1 is 1.00 bits per heavy atom. The van der Waals surface area contributed by atoms with Crippen molar-refractivity contribution < 1.29 is 4.74 Å². The first-order valence-corrected chi connectivity index (χ1v) is 17.1. The van der Waals surface area contributed by atoms with Crippen LogP contribution in [0.3, 0.4) is 0 Å². The van der Waals surface area contributed by atoms with Gasteiger partial charge in [-0.25, -0.2) is 24.9 Å². The lowest BCUT2D eigenvalue weighted by molar-refractivity contribution is 0.440. The third kappa shape index (κ3) is 4.82. The summed E-state index contributed by atoms with van der Waals surface area (Å²) >= 11 is 0. The molecule has 0 saturated heterocycles. The first kappa shape index (κ1) is 27.6. The van der Waals surface area contributed by atoms with Crippen LogP contribution in [0.5, 0.6) is 11.8 Å². The molecule has 0 fully saturated rings. The second-order valence-corrected chi connectivity index (χ2v) is 17.5. The monoisotopic (exact) mass is 573 g/mol. The van der Waals surface area contributed by atoms with Crippen molar-refractivity contribution in [3.63, 3.8) is 0 Å². The molecule has 0 spiro atoms. The lowest BCUT2D eigenvalue weighted by atomic mass is 9.94. The maximum Gasteiger partial charge on any atom is 0.322 e. The number of hydrogen-bond donors (Lipinski definition) is 1. The van der Waals surface area contributed by atoms with Gasteiger partial charge in [0, 0.05) is 42.8 Å². The average molecular weight is 574 g/mol. The number of hydrogen-bond acceptors (Lipinski definition) is 7. The number of aryl methyl sites for hydroxylation is 3. The molecule has 1 aliphatic rings. The van der Waals surface area contributed by atoms with Gasteiger partial charge in [0.1, 0.15) is 37.3 Å². The lowest BCUT2D eigenvalue weighted by Gasteiger charge is -2.31. The van der Waals surface area contributed by atoms with Crippen LogP contribution < -0.4 is 10.1 Å². The Morgan fingerprint density at radius 3 is 2.55 bits per heavy atom. The summed E-state index contributed by atoms with van der Waals surface area (Å²) in [5.41, 5.74) is 12.5. The first-order chi connectivity index (χ1) is 19.9. The van der Waals surface area contributed by atoms with Gasteiger partial charge in [-0.2, -0.15) is 0 Å². The van der Waals surface area contributed by atoms with E-state index in [9.17, 15) is 0 Å². The summed E-state index contributed by atoms with van der Waals surface area (Å²) in [5.74, 6) is 4.87. The molecule has 1 aromatic carbocycles. The van der Waals surface area contributed by atoms with Gasteiger partial charge in [0.15, 0.2) is 0 Å². The summed E-state index contributed by atoms with van der Waals surface area (Å²) in [4.78, 5) is 22.8. The molecule has 1 N–H and O–H groups in total. The zero-order chi connectivity index (χ0) is 29.8. The molecule has 5 aromatic rings. The highest BCUT2D eigenvalue weighted by atomic mass is 28.3. The Morgan fingerprint density at radius 2 is 1.81 bits per heavy atom. The summed E-state index contributed by atoms with van der Waals surface area (Å²) in [6.45, 7) is 16.1. The number of nitrogens with zero attached hydrogens (tertiary/aromatic N) is 6. The van der Waals surface area contributed by atoms with Crippen molar-refractivity contribution in [2.24, 2.45) is 7.05 Å². The van der Waals surface area contributed by atoms with Gasteiger partial charge in [0.25, 0.3) is 0 Å². The number of ether oxygens (including phenoxy) is 1. The standard InChI is InChI=1S/C33H35N7OSi/c1-20-15-23(12-14-42(7,8)33(3,4)5)35-18-26(20)29-27-25-10-9-24(41-32-34-13-11-21(2)39-32)16-22(25)17-36-30-28(27)31(40(29)6)38-19-37-30/h9-11,13,15-16,18-19H,17H2,1-8H3,(H,36,37,38). The Balaban J connectivity index is 1.48. The number of anilines is 1. The fourth-order valence-corrected chi connectivity index (χ4v) is 5.84. The second kappa shape index (κ2) is 10.1. The van der Waals surface area contributed by atoms with E-state index in [4.69, 9.17) is 9.72 Å². The van der Waals surface area contributed by atoms with E-state index in [1.807, 2.05) is 31.3 Å². The molecular formula is C33H35N7OSi. The average Bonchev–Trinajstić information content (AvgIpc) is 3.12. The summed E-state index contributed by atoms with van der Waals surface area (Å²) in [6.07, 6.45) is 5.27. The van der Waals surface area contributed by atoms with Gasteiger partial charge in [-0.1, -0.05) is 45.9 Å². The van der Waals surface area contributed by atoms with Crippen molar-refractivity contribution in [1.29, 1.82) is 0 Å². The van der Waals surface area contributed by atoms with E-state index < -0.39 is 8.07 Å². The van der Waals surface area contributed by atoms with Gasteiger partial charge in [0.05, 0.1) is 11.1 Å². The van der Waals surface area contributed by atoms with Crippen LogP contribution in [0.4, 0.5) is 5.82 Å². The Kier molecular flexibility index (Phi) is 6.62. The van der Waals surface area contributed by atoms with E-state index in [1.165, 1.54) is 0 Å². The number of fused-ring (bicyclic) bond motifs is 2. The maximum atomic E-state index is 6.03. The third-order valence-electron chi connectivity index (χ3n) is 8.49. The van der Waals surface area contributed by atoms with Gasteiger partial charge in [0.2, 0.25) is 0 Å². The molecule has 0 bridgehead atoms. The molecule has 0 saturated carbocycles. The van der Waals surface area contributed by atoms with Crippen LogP contribution in [0.15, 0.2) is 49.1 Å². The molecule has 212 valence electrons. The minimum atomic E-state index is -1.75. The smallest absolute Gasteiger partial charge is 0.322 e. The summed E-state index contributed by atoms with van der Waals surface area (Å²) in [7, 11) is 0.301. The van der Waals surface area contributed by atoms with Gasteiger partial charge < -0.3 is 14.6 Å². The molecule has 0 atom stereocenters. The van der Waals surface area contributed by atoms with Crippen molar-refractivity contribution in [3.8, 4) is 45.6 Å². The van der Waals surface area contributed by atoms with Crippen molar-refractivity contribution >= 4 is 24.9 Å². The van der Waals surface area contributed by atoms with Gasteiger partial charge >= 0.3 is 6.01 Å². The quantitative estimate of drug-likeness (QED) is 0.180. The second-order valence-electron chi connectivity index (χ2n) is 12.5. The van der Waals surface area contributed by atoms with Gasteiger partial charge in [-0.05, 0) is 59.8 Å². The fraction of sp³-hybridized carbons (Fsp3) is 0.303. The van der Waals surface area contributed by atoms with Crippen LogP contribution >= 0.6 is 0 Å². The van der Waals surface area contributed by atoms with Crippen LogP contribution in [-0.2, 0) is 13.6 Å². The molecule has 5 heterocycles. The molecule has 42 heavy (non-hydrogen) atoms. The highest BCUT2D eigenvalue weighted by molar-refractivity contribution is 6.87. The van der Waals surface area contributed by atoms with Crippen molar-refractivity contribution in [2.75, 3.05) is 5.32 Å². The number of pyridine rings is 1. The predicted molar refractivity (Wildman–Crippen MR) is 170 cm³/mol. The molecule has 1 aliphatic heterocycles. The summed E-state index contributed by atoms with van der Waals surface area (Å²) < 4.78 is 8.17. The van der Waals surface area contributed by atoms with Crippen LogP contribution in [0, 0.1) is 25.3 Å². The molecule has 0 amide bonds. The Hall–Kier alpha value is -4.55. The van der Waals surface area contributed by atoms with Gasteiger partial charge in [-0.15, -0.1) is 5.54 Å². The number of benzene rings is 1. The molecule has 0 radical (unpaired) electrons. The minimum Gasteiger partial charge on any atom is -0.424 e.